The van der Waals surface area contributed by atoms with Crippen molar-refractivity contribution in [2.24, 2.45) is 5.92 Å². The third-order valence-corrected chi connectivity index (χ3v) is 2.89. The fourth-order valence-corrected chi connectivity index (χ4v) is 2.09. The van der Waals surface area contributed by atoms with E-state index in [1.165, 1.54) is 5.56 Å². The van der Waals surface area contributed by atoms with Gasteiger partial charge in [-0.15, -0.1) is 0 Å². The molecule has 1 aliphatic rings. The summed E-state index contributed by atoms with van der Waals surface area (Å²) in [6, 6.07) is 4.06. The number of rotatable bonds is 3. The van der Waals surface area contributed by atoms with Crippen LogP contribution in [0.15, 0.2) is 24.5 Å². The SMILES string of the molecule is O=CC1CCCN(Cc2ccncc2)C1. The number of piperidine rings is 1. The van der Waals surface area contributed by atoms with Crippen LogP contribution in [0.2, 0.25) is 0 Å². The lowest BCUT2D eigenvalue weighted by Crippen LogP contribution is -2.35. The Labute approximate surface area is 90.1 Å². The number of hydrogen-bond acceptors (Lipinski definition) is 3. The summed E-state index contributed by atoms with van der Waals surface area (Å²) in [6.07, 6.45) is 6.91. The van der Waals surface area contributed by atoms with Crippen LogP contribution < -0.4 is 0 Å². The molecule has 1 atom stereocenters. The summed E-state index contributed by atoms with van der Waals surface area (Å²) in [5, 5.41) is 0. The minimum Gasteiger partial charge on any atom is -0.303 e. The zero-order valence-corrected chi connectivity index (χ0v) is 8.80. The molecule has 0 saturated carbocycles. The Kier molecular flexibility index (Phi) is 3.45. The van der Waals surface area contributed by atoms with Crippen molar-refractivity contribution in [3.63, 3.8) is 0 Å². The van der Waals surface area contributed by atoms with E-state index < -0.39 is 0 Å². The molecule has 1 aromatic heterocycles. The second-order valence-corrected chi connectivity index (χ2v) is 4.13. The topological polar surface area (TPSA) is 33.2 Å². The molecule has 80 valence electrons. The maximum atomic E-state index is 10.7. The van der Waals surface area contributed by atoms with E-state index in [1.807, 2.05) is 24.5 Å². The van der Waals surface area contributed by atoms with Crippen LogP contribution in [-0.2, 0) is 11.3 Å². The molecule has 3 heteroatoms. The van der Waals surface area contributed by atoms with Crippen LogP contribution >= 0.6 is 0 Å². The molecule has 1 aliphatic heterocycles. The van der Waals surface area contributed by atoms with Crippen LogP contribution in [0.3, 0.4) is 0 Å². The maximum absolute atomic E-state index is 10.7. The fourth-order valence-electron chi connectivity index (χ4n) is 2.09. The first kappa shape index (κ1) is 10.3. The van der Waals surface area contributed by atoms with Crippen molar-refractivity contribution in [3.05, 3.63) is 30.1 Å². The second-order valence-electron chi connectivity index (χ2n) is 4.13. The Morgan fingerprint density at radius 3 is 3.00 bits per heavy atom. The van der Waals surface area contributed by atoms with Gasteiger partial charge in [-0.05, 0) is 37.1 Å². The third-order valence-electron chi connectivity index (χ3n) is 2.89. The molecule has 1 unspecified atom stereocenters. The monoisotopic (exact) mass is 204 g/mol. The first-order valence-corrected chi connectivity index (χ1v) is 5.45. The van der Waals surface area contributed by atoms with Crippen molar-refractivity contribution in [2.75, 3.05) is 13.1 Å². The highest BCUT2D eigenvalue weighted by Crippen LogP contribution is 2.16. The number of hydrogen-bond donors (Lipinski definition) is 0. The highest BCUT2D eigenvalue weighted by atomic mass is 16.1. The van der Waals surface area contributed by atoms with Gasteiger partial charge in [-0.25, -0.2) is 0 Å². The zero-order valence-electron chi connectivity index (χ0n) is 8.80. The van der Waals surface area contributed by atoms with Gasteiger partial charge >= 0.3 is 0 Å². The molecule has 2 rings (SSSR count). The number of nitrogens with zero attached hydrogens (tertiary/aromatic N) is 2. The molecule has 0 spiro atoms. The summed E-state index contributed by atoms with van der Waals surface area (Å²) in [5.74, 6) is 0.237. The van der Waals surface area contributed by atoms with Gasteiger partial charge in [0.15, 0.2) is 0 Å². The lowest BCUT2D eigenvalue weighted by Gasteiger charge is -2.29. The molecule has 0 bridgehead atoms. The number of aldehydes is 1. The molecule has 3 nitrogen and oxygen atoms in total. The molecule has 15 heavy (non-hydrogen) atoms. The normalized spacial score (nSPS) is 22.5. The van der Waals surface area contributed by atoms with Gasteiger partial charge in [0.2, 0.25) is 0 Å². The van der Waals surface area contributed by atoms with Crippen LogP contribution in [0.5, 0.6) is 0 Å². The molecule has 0 amide bonds. The molecular weight excluding hydrogens is 188 g/mol. The quantitative estimate of drug-likeness (QED) is 0.699. The Bertz CT molecular complexity index is 313. The zero-order chi connectivity index (χ0) is 10.5. The number of aromatic nitrogens is 1. The minimum atomic E-state index is 0.237. The summed E-state index contributed by atoms with van der Waals surface area (Å²) < 4.78 is 0. The largest absolute Gasteiger partial charge is 0.303 e. The highest BCUT2D eigenvalue weighted by molar-refractivity contribution is 5.53. The van der Waals surface area contributed by atoms with Gasteiger partial charge in [-0.2, -0.15) is 0 Å². The van der Waals surface area contributed by atoms with Crippen LogP contribution in [-0.4, -0.2) is 29.3 Å². The Balaban J connectivity index is 1.92. The van der Waals surface area contributed by atoms with Crippen molar-refractivity contribution in [3.8, 4) is 0 Å². The summed E-state index contributed by atoms with van der Waals surface area (Å²) in [6.45, 7) is 2.95. The van der Waals surface area contributed by atoms with Gasteiger partial charge in [-0.1, -0.05) is 0 Å². The average molecular weight is 204 g/mol. The van der Waals surface area contributed by atoms with Crippen LogP contribution in [0.4, 0.5) is 0 Å². The number of likely N-dealkylation sites (tertiary alicyclic amines) is 1. The number of pyridine rings is 1. The van der Waals surface area contributed by atoms with E-state index >= 15 is 0 Å². The van der Waals surface area contributed by atoms with E-state index in [9.17, 15) is 4.79 Å². The fraction of sp³-hybridized carbons (Fsp3) is 0.500. The lowest BCUT2D eigenvalue weighted by molar-refractivity contribution is -0.112. The summed E-state index contributed by atoms with van der Waals surface area (Å²) in [4.78, 5) is 17.1. The van der Waals surface area contributed by atoms with E-state index in [-0.39, 0.29) is 5.92 Å². The third kappa shape index (κ3) is 2.86. The average Bonchev–Trinajstić information content (AvgIpc) is 2.31. The van der Waals surface area contributed by atoms with E-state index in [2.05, 4.69) is 9.88 Å². The van der Waals surface area contributed by atoms with Gasteiger partial charge in [-0.3, -0.25) is 9.88 Å². The van der Waals surface area contributed by atoms with Crippen molar-refractivity contribution in [2.45, 2.75) is 19.4 Å². The maximum Gasteiger partial charge on any atom is 0.124 e. The van der Waals surface area contributed by atoms with Gasteiger partial charge in [0.1, 0.15) is 6.29 Å². The van der Waals surface area contributed by atoms with E-state index in [4.69, 9.17) is 0 Å². The molecule has 1 aromatic rings. The molecule has 0 aliphatic carbocycles. The Morgan fingerprint density at radius 2 is 2.27 bits per heavy atom. The lowest BCUT2D eigenvalue weighted by atomic mass is 9.99. The van der Waals surface area contributed by atoms with E-state index in [0.717, 1.165) is 38.8 Å². The van der Waals surface area contributed by atoms with Gasteiger partial charge in [0.05, 0.1) is 0 Å². The molecular formula is C12H16N2O. The van der Waals surface area contributed by atoms with Crippen LogP contribution in [0, 0.1) is 5.92 Å². The van der Waals surface area contributed by atoms with Gasteiger partial charge in [0, 0.05) is 31.4 Å². The summed E-state index contributed by atoms with van der Waals surface area (Å²) >= 11 is 0. The Hall–Kier alpha value is -1.22. The first-order valence-electron chi connectivity index (χ1n) is 5.45. The second kappa shape index (κ2) is 5.03. The minimum absolute atomic E-state index is 0.237. The molecule has 1 fully saturated rings. The van der Waals surface area contributed by atoms with Crippen molar-refractivity contribution < 1.29 is 4.79 Å². The predicted octanol–water partition coefficient (Wildman–Crippen LogP) is 1.49. The predicted molar refractivity (Wildman–Crippen MR) is 58.3 cm³/mol. The van der Waals surface area contributed by atoms with Crippen molar-refractivity contribution in [1.82, 2.24) is 9.88 Å². The van der Waals surface area contributed by atoms with E-state index in [1.54, 1.807) is 0 Å². The van der Waals surface area contributed by atoms with Crippen molar-refractivity contribution in [1.29, 1.82) is 0 Å². The molecule has 0 radical (unpaired) electrons. The van der Waals surface area contributed by atoms with Crippen LogP contribution in [0.1, 0.15) is 18.4 Å². The smallest absolute Gasteiger partial charge is 0.124 e. The number of carbonyl (C=O) groups excluding carboxylic acids is 1. The standard InChI is InChI=1S/C12H16N2O/c15-10-12-2-1-7-14(9-12)8-11-3-5-13-6-4-11/h3-6,10,12H,1-2,7-9H2. The highest BCUT2D eigenvalue weighted by Gasteiger charge is 2.18. The number of carbonyl (C=O) groups is 1. The van der Waals surface area contributed by atoms with Gasteiger partial charge < -0.3 is 4.79 Å². The molecule has 0 N–H and O–H groups in total. The summed E-state index contributed by atoms with van der Waals surface area (Å²) in [5.41, 5.74) is 1.27. The van der Waals surface area contributed by atoms with Crippen molar-refractivity contribution >= 4 is 6.29 Å². The van der Waals surface area contributed by atoms with E-state index in [0.29, 0.717) is 0 Å². The molecule has 0 aromatic carbocycles. The van der Waals surface area contributed by atoms with Crippen LogP contribution in [0.25, 0.3) is 0 Å². The molecule has 1 saturated heterocycles. The van der Waals surface area contributed by atoms with Gasteiger partial charge in [0.25, 0.3) is 0 Å². The summed E-state index contributed by atoms with van der Waals surface area (Å²) in [7, 11) is 0. The molecule has 2 heterocycles. The Morgan fingerprint density at radius 1 is 1.47 bits per heavy atom. The first-order chi connectivity index (χ1) is 7.38.